The third-order valence-corrected chi connectivity index (χ3v) is 4.53. The van der Waals surface area contributed by atoms with Crippen molar-refractivity contribution < 1.29 is 19.4 Å². The molecule has 0 aliphatic carbocycles. The van der Waals surface area contributed by atoms with E-state index in [2.05, 4.69) is 4.98 Å². The first-order valence-corrected chi connectivity index (χ1v) is 8.70. The number of nitrogens with one attached hydrogen (secondary N) is 1. The lowest BCUT2D eigenvalue weighted by atomic mass is 10.2. The number of amides is 1. The fourth-order valence-electron chi connectivity index (χ4n) is 2.92. The highest BCUT2D eigenvalue weighted by Gasteiger charge is 2.28. The average Bonchev–Trinajstić information content (AvgIpc) is 3.08. The number of ether oxygens (including phenoxy) is 1. The molecule has 0 bridgehead atoms. The molecule has 8 heteroatoms. The second-order valence-corrected chi connectivity index (χ2v) is 6.52. The van der Waals surface area contributed by atoms with Gasteiger partial charge in [0.2, 0.25) is 0 Å². The van der Waals surface area contributed by atoms with Gasteiger partial charge in [-0.1, -0.05) is 23.7 Å². The Morgan fingerprint density at radius 1 is 1.23 bits per heavy atom. The maximum atomic E-state index is 12.5. The van der Waals surface area contributed by atoms with Gasteiger partial charge in [-0.25, -0.2) is 4.79 Å². The number of para-hydroxylation sites is 2. The number of piperazine rings is 1. The van der Waals surface area contributed by atoms with E-state index in [1.165, 1.54) is 12.3 Å². The van der Waals surface area contributed by atoms with Gasteiger partial charge in [-0.3, -0.25) is 4.79 Å². The zero-order valence-electron chi connectivity index (χ0n) is 14.3. The lowest BCUT2D eigenvalue weighted by Crippen LogP contribution is -2.51. The number of rotatable bonds is 4. The molecule has 3 rings (SSSR count). The van der Waals surface area contributed by atoms with Gasteiger partial charge < -0.3 is 24.6 Å². The number of halogens is 1. The van der Waals surface area contributed by atoms with Crippen molar-refractivity contribution in [1.29, 1.82) is 0 Å². The summed E-state index contributed by atoms with van der Waals surface area (Å²) in [5.41, 5.74) is 0.960. The number of anilines is 1. The lowest BCUT2D eigenvalue weighted by Gasteiger charge is -2.37. The highest BCUT2D eigenvalue weighted by Crippen LogP contribution is 2.27. The molecule has 1 aliphatic heterocycles. The van der Waals surface area contributed by atoms with E-state index in [9.17, 15) is 14.7 Å². The van der Waals surface area contributed by atoms with Crippen LogP contribution in [0.25, 0.3) is 0 Å². The predicted molar refractivity (Wildman–Crippen MR) is 97.6 cm³/mol. The number of aromatic hydroxyl groups is 1. The Kier molecular flexibility index (Phi) is 5.37. The molecule has 2 heterocycles. The SMILES string of the molecule is CC(OC(=O)c1cc(Cl)c[nH]1)C(=O)N1CCN(c2ccccc2O)CC1. The first-order chi connectivity index (χ1) is 12.5. The van der Waals surface area contributed by atoms with Crippen molar-refractivity contribution in [3.63, 3.8) is 0 Å². The van der Waals surface area contributed by atoms with Crippen LogP contribution in [0, 0.1) is 0 Å². The van der Waals surface area contributed by atoms with Crippen LogP contribution in [0.15, 0.2) is 36.5 Å². The molecule has 1 atom stereocenters. The van der Waals surface area contributed by atoms with Crippen LogP contribution in [0.3, 0.4) is 0 Å². The molecular weight excluding hydrogens is 358 g/mol. The second-order valence-electron chi connectivity index (χ2n) is 6.08. The van der Waals surface area contributed by atoms with Crippen molar-refractivity contribution in [2.45, 2.75) is 13.0 Å². The molecule has 0 spiro atoms. The van der Waals surface area contributed by atoms with Gasteiger partial charge in [-0.05, 0) is 25.1 Å². The van der Waals surface area contributed by atoms with Gasteiger partial charge in [0, 0.05) is 32.4 Å². The van der Waals surface area contributed by atoms with Gasteiger partial charge in [0.25, 0.3) is 5.91 Å². The van der Waals surface area contributed by atoms with Crippen molar-refractivity contribution in [2.75, 3.05) is 31.1 Å². The Balaban J connectivity index is 1.54. The number of carbonyl (C=O) groups is 2. The monoisotopic (exact) mass is 377 g/mol. The molecular formula is C18H20ClN3O4. The number of aromatic amines is 1. The van der Waals surface area contributed by atoms with E-state index in [1.54, 1.807) is 24.0 Å². The standard InChI is InChI=1S/C18H20ClN3O4/c1-12(26-18(25)14-10-13(19)11-20-14)17(24)22-8-6-21(7-9-22)15-4-2-3-5-16(15)23/h2-5,10-12,20,23H,6-9H2,1H3. The van der Waals surface area contributed by atoms with Crippen LogP contribution in [-0.4, -0.2) is 59.1 Å². The minimum Gasteiger partial charge on any atom is -0.506 e. The summed E-state index contributed by atoms with van der Waals surface area (Å²) >= 11 is 5.76. The number of aromatic nitrogens is 1. The number of hydrogen-bond donors (Lipinski definition) is 2. The van der Waals surface area contributed by atoms with E-state index in [1.807, 2.05) is 17.0 Å². The second kappa shape index (κ2) is 7.70. The summed E-state index contributed by atoms with van der Waals surface area (Å²) in [6.45, 7) is 3.72. The van der Waals surface area contributed by atoms with Gasteiger partial charge in [0.1, 0.15) is 11.4 Å². The maximum Gasteiger partial charge on any atom is 0.355 e. The molecule has 1 unspecified atom stereocenters. The number of phenolic OH excluding ortho intramolecular Hbond substituents is 1. The molecule has 0 saturated carbocycles. The van der Waals surface area contributed by atoms with Crippen LogP contribution >= 0.6 is 11.6 Å². The van der Waals surface area contributed by atoms with E-state index >= 15 is 0 Å². The van der Waals surface area contributed by atoms with Gasteiger partial charge in [0.15, 0.2) is 6.10 Å². The van der Waals surface area contributed by atoms with Crippen molar-refractivity contribution in [1.82, 2.24) is 9.88 Å². The molecule has 2 N–H and O–H groups in total. The molecule has 0 radical (unpaired) electrons. The number of hydrogen-bond acceptors (Lipinski definition) is 5. The van der Waals surface area contributed by atoms with Crippen molar-refractivity contribution in [2.24, 2.45) is 0 Å². The number of benzene rings is 1. The number of esters is 1. The van der Waals surface area contributed by atoms with E-state index in [4.69, 9.17) is 16.3 Å². The largest absolute Gasteiger partial charge is 0.506 e. The first-order valence-electron chi connectivity index (χ1n) is 8.32. The Labute approximate surface area is 156 Å². The summed E-state index contributed by atoms with van der Waals surface area (Å²) in [6, 6.07) is 8.57. The quantitative estimate of drug-likeness (QED) is 0.798. The Morgan fingerprint density at radius 2 is 1.92 bits per heavy atom. The highest BCUT2D eigenvalue weighted by molar-refractivity contribution is 6.30. The zero-order valence-corrected chi connectivity index (χ0v) is 15.1. The van der Waals surface area contributed by atoms with Crippen molar-refractivity contribution in [3.05, 3.63) is 47.2 Å². The summed E-state index contributed by atoms with van der Waals surface area (Å²) in [5, 5.41) is 10.3. The number of nitrogens with zero attached hydrogens (tertiary/aromatic N) is 2. The summed E-state index contributed by atoms with van der Waals surface area (Å²) in [4.78, 5) is 30.9. The smallest absolute Gasteiger partial charge is 0.355 e. The molecule has 1 saturated heterocycles. The third-order valence-electron chi connectivity index (χ3n) is 4.31. The predicted octanol–water partition coefficient (Wildman–Crippen LogP) is 2.27. The molecule has 2 aromatic rings. The third kappa shape index (κ3) is 3.94. The Morgan fingerprint density at radius 3 is 2.54 bits per heavy atom. The zero-order chi connectivity index (χ0) is 18.7. The molecule has 7 nitrogen and oxygen atoms in total. The number of H-pyrrole nitrogens is 1. The minimum atomic E-state index is -0.888. The summed E-state index contributed by atoms with van der Waals surface area (Å²) < 4.78 is 5.22. The van der Waals surface area contributed by atoms with E-state index < -0.39 is 12.1 Å². The summed E-state index contributed by atoms with van der Waals surface area (Å²) in [5.74, 6) is -0.641. The van der Waals surface area contributed by atoms with Crippen molar-refractivity contribution >= 4 is 29.2 Å². The fraction of sp³-hybridized carbons (Fsp3) is 0.333. The van der Waals surface area contributed by atoms with E-state index in [0.717, 1.165) is 5.69 Å². The van der Waals surface area contributed by atoms with Crippen molar-refractivity contribution in [3.8, 4) is 5.75 Å². The Hall–Kier alpha value is -2.67. The van der Waals surface area contributed by atoms with E-state index in [-0.39, 0.29) is 17.4 Å². The van der Waals surface area contributed by atoms with Crippen LogP contribution in [0.1, 0.15) is 17.4 Å². The first kappa shape index (κ1) is 18.1. The minimum absolute atomic E-state index is 0.207. The molecule has 1 aliphatic rings. The van der Waals surface area contributed by atoms with Gasteiger partial charge >= 0.3 is 5.97 Å². The van der Waals surface area contributed by atoms with Gasteiger partial charge in [-0.2, -0.15) is 0 Å². The van der Waals surface area contributed by atoms with Gasteiger partial charge in [0.05, 0.1) is 10.7 Å². The molecule has 138 valence electrons. The average molecular weight is 378 g/mol. The van der Waals surface area contributed by atoms with Crippen LogP contribution < -0.4 is 4.90 Å². The normalized spacial score (nSPS) is 15.6. The number of carbonyl (C=O) groups excluding carboxylic acids is 2. The molecule has 26 heavy (non-hydrogen) atoms. The maximum absolute atomic E-state index is 12.5. The molecule has 1 amide bonds. The van der Waals surface area contributed by atoms with Crippen LogP contribution in [-0.2, 0) is 9.53 Å². The van der Waals surface area contributed by atoms with Gasteiger partial charge in [-0.15, -0.1) is 0 Å². The summed E-state index contributed by atoms with van der Waals surface area (Å²) in [6.07, 6.45) is 0.587. The highest BCUT2D eigenvalue weighted by atomic mass is 35.5. The molecule has 1 fully saturated rings. The molecule has 1 aromatic heterocycles. The topological polar surface area (TPSA) is 85.9 Å². The summed E-state index contributed by atoms with van der Waals surface area (Å²) in [7, 11) is 0. The lowest BCUT2D eigenvalue weighted by molar-refractivity contribution is -0.140. The number of phenols is 1. The van der Waals surface area contributed by atoms with Crippen LogP contribution in [0.5, 0.6) is 5.75 Å². The van der Waals surface area contributed by atoms with E-state index in [0.29, 0.717) is 31.2 Å². The Bertz CT molecular complexity index is 799. The van der Waals surface area contributed by atoms with Crippen LogP contribution in [0.4, 0.5) is 5.69 Å². The fourth-order valence-corrected chi connectivity index (χ4v) is 3.08. The van der Waals surface area contributed by atoms with Crippen LogP contribution in [0.2, 0.25) is 5.02 Å². The molecule has 1 aromatic carbocycles.